The highest BCUT2D eigenvalue weighted by molar-refractivity contribution is 6.32. The van der Waals surface area contributed by atoms with E-state index in [2.05, 4.69) is 30.7 Å². The van der Waals surface area contributed by atoms with Gasteiger partial charge in [0.25, 0.3) is 0 Å². The van der Waals surface area contributed by atoms with Crippen molar-refractivity contribution in [3.63, 3.8) is 0 Å². The zero-order valence-corrected chi connectivity index (χ0v) is 11.5. The van der Waals surface area contributed by atoms with Crippen LogP contribution in [0.2, 0.25) is 5.02 Å². The van der Waals surface area contributed by atoms with Crippen molar-refractivity contribution in [2.45, 2.75) is 39.1 Å². The second-order valence-corrected chi connectivity index (χ2v) is 4.45. The third kappa shape index (κ3) is 3.02. The Morgan fingerprint density at radius 2 is 2.06 bits per heavy atom. The molecule has 0 aliphatic heterocycles. The van der Waals surface area contributed by atoms with Gasteiger partial charge >= 0.3 is 0 Å². The van der Waals surface area contributed by atoms with Crippen LogP contribution in [0.4, 0.5) is 5.82 Å². The van der Waals surface area contributed by atoms with Crippen LogP contribution in [-0.4, -0.2) is 17.6 Å². The third-order valence-electron chi connectivity index (χ3n) is 2.79. The van der Waals surface area contributed by atoms with E-state index in [1.807, 2.05) is 12.1 Å². The SMILES string of the molecule is CCC(C)N(CC)c1ccc(Cl)c(CCl)n1. The van der Waals surface area contributed by atoms with E-state index in [4.69, 9.17) is 23.2 Å². The molecule has 0 aliphatic rings. The normalized spacial score (nSPS) is 12.6. The molecule has 1 heterocycles. The lowest BCUT2D eigenvalue weighted by atomic mass is 10.2. The van der Waals surface area contributed by atoms with Gasteiger partial charge in [0.15, 0.2) is 0 Å². The topological polar surface area (TPSA) is 16.1 Å². The van der Waals surface area contributed by atoms with Gasteiger partial charge in [0, 0.05) is 12.6 Å². The van der Waals surface area contributed by atoms with Gasteiger partial charge in [0.1, 0.15) is 5.82 Å². The predicted octanol–water partition coefficient (Wildman–Crippen LogP) is 4.10. The van der Waals surface area contributed by atoms with Crippen LogP contribution >= 0.6 is 23.2 Å². The maximum atomic E-state index is 5.99. The summed E-state index contributed by atoms with van der Waals surface area (Å²) in [5, 5.41) is 0.638. The van der Waals surface area contributed by atoms with Gasteiger partial charge in [-0.05, 0) is 32.4 Å². The molecule has 1 aromatic heterocycles. The zero-order chi connectivity index (χ0) is 12.1. The highest BCUT2D eigenvalue weighted by Gasteiger charge is 2.13. The summed E-state index contributed by atoms with van der Waals surface area (Å²) in [6, 6.07) is 4.29. The Balaban J connectivity index is 3.01. The van der Waals surface area contributed by atoms with E-state index < -0.39 is 0 Å². The fraction of sp³-hybridized carbons (Fsp3) is 0.583. The third-order valence-corrected chi connectivity index (χ3v) is 3.39. The van der Waals surface area contributed by atoms with Gasteiger partial charge in [-0.15, -0.1) is 11.6 Å². The standard InChI is InChI=1S/C12H18Cl2N2/c1-4-9(3)16(5-2)12-7-6-10(14)11(8-13)15-12/h6-7,9H,4-5,8H2,1-3H3. The van der Waals surface area contributed by atoms with Crippen LogP contribution in [0.15, 0.2) is 12.1 Å². The van der Waals surface area contributed by atoms with Crippen molar-refractivity contribution in [2.24, 2.45) is 0 Å². The number of rotatable bonds is 5. The maximum Gasteiger partial charge on any atom is 0.129 e. The number of halogens is 2. The zero-order valence-electron chi connectivity index (χ0n) is 10.0. The van der Waals surface area contributed by atoms with E-state index >= 15 is 0 Å². The smallest absolute Gasteiger partial charge is 0.129 e. The lowest BCUT2D eigenvalue weighted by molar-refractivity contribution is 0.622. The molecular weight excluding hydrogens is 243 g/mol. The number of hydrogen-bond donors (Lipinski definition) is 0. The minimum Gasteiger partial charge on any atom is -0.354 e. The van der Waals surface area contributed by atoms with Gasteiger partial charge in [0.2, 0.25) is 0 Å². The maximum absolute atomic E-state index is 5.99. The van der Waals surface area contributed by atoms with Gasteiger partial charge in [-0.2, -0.15) is 0 Å². The van der Waals surface area contributed by atoms with Crippen molar-refractivity contribution in [1.82, 2.24) is 4.98 Å². The van der Waals surface area contributed by atoms with Crippen molar-refractivity contribution < 1.29 is 0 Å². The summed E-state index contributed by atoms with van der Waals surface area (Å²) in [6.45, 7) is 7.43. The molecule has 0 spiro atoms. The molecule has 0 N–H and O–H groups in total. The van der Waals surface area contributed by atoms with Crippen molar-refractivity contribution in [3.8, 4) is 0 Å². The van der Waals surface area contributed by atoms with Gasteiger partial charge in [0.05, 0.1) is 16.6 Å². The average Bonchev–Trinajstić information content (AvgIpc) is 2.31. The van der Waals surface area contributed by atoms with E-state index in [0.29, 0.717) is 16.9 Å². The van der Waals surface area contributed by atoms with Crippen molar-refractivity contribution in [2.75, 3.05) is 11.4 Å². The Labute approximate surface area is 108 Å². The first-order valence-electron chi connectivity index (χ1n) is 5.62. The number of anilines is 1. The van der Waals surface area contributed by atoms with E-state index in [1.54, 1.807) is 0 Å². The van der Waals surface area contributed by atoms with Gasteiger partial charge < -0.3 is 4.90 Å². The fourth-order valence-electron chi connectivity index (χ4n) is 1.65. The summed E-state index contributed by atoms with van der Waals surface area (Å²) >= 11 is 11.8. The summed E-state index contributed by atoms with van der Waals surface area (Å²) in [5.41, 5.74) is 0.752. The van der Waals surface area contributed by atoms with Crippen LogP contribution in [0.25, 0.3) is 0 Å². The molecule has 1 unspecified atom stereocenters. The van der Waals surface area contributed by atoms with E-state index in [-0.39, 0.29) is 0 Å². The molecule has 2 nitrogen and oxygen atoms in total. The molecular formula is C12H18Cl2N2. The monoisotopic (exact) mass is 260 g/mol. The molecule has 0 bridgehead atoms. The quantitative estimate of drug-likeness (QED) is 0.742. The van der Waals surface area contributed by atoms with Crippen molar-refractivity contribution in [3.05, 3.63) is 22.8 Å². The molecule has 1 rings (SSSR count). The first-order valence-corrected chi connectivity index (χ1v) is 6.53. The van der Waals surface area contributed by atoms with E-state index in [9.17, 15) is 0 Å². The minimum absolute atomic E-state index is 0.352. The Hall–Kier alpha value is -0.470. The first-order chi connectivity index (χ1) is 7.63. The van der Waals surface area contributed by atoms with Crippen LogP contribution in [0.3, 0.4) is 0 Å². The van der Waals surface area contributed by atoms with Gasteiger partial charge in [-0.3, -0.25) is 0 Å². The largest absolute Gasteiger partial charge is 0.354 e. The Morgan fingerprint density at radius 3 is 2.56 bits per heavy atom. The van der Waals surface area contributed by atoms with Gasteiger partial charge in [-0.25, -0.2) is 4.98 Å². The molecule has 4 heteroatoms. The van der Waals surface area contributed by atoms with Crippen molar-refractivity contribution >= 4 is 29.0 Å². The number of aromatic nitrogens is 1. The highest BCUT2D eigenvalue weighted by atomic mass is 35.5. The second kappa shape index (κ2) is 6.31. The highest BCUT2D eigenvalue weighted by Crippen LogP contribution is 2.22. The summed E-state index contributed by atoms with van der Waals surface area (Å²) in [7, 11) is 0. The lowest BCUT2D eigenvalue weighted by Crippen LogP contribution is -2.33. The van der Waals surface area contributed by atoms with E-state index in [0.717, 1.165) is 24.5 Å². The molecule has 1 aromatic rings. The summed E-state index contributed by atoms with van der Waals surface area (Å²) in [4.78, 5) is 6.75. The summed E-state index contributed by atoms with van der Waals surface area (Å²) in [5.74, 6) is 1.31. The predicted molar refractivity (Wildman–Crippen MR) is 71.6 cm³/mol. The van der Waals surface area contributed by atoms with Crippen LogP contribution in [0, 0.1) is 0 Å². The Bertz CT molecular complexity index is 342. The molecule has 0 aromatic carbocycles. The molecule has 0 aliphatic carbocycles. The minimum atomic E-state index is 0.352. The van der Waals surface area contributed by atoms with Crippen LogP contribution in [0.1, 0.15) is 32.9 Å². The molecule has 0 saturated carbocycles. The lowest BCUT2D eigenvalue weighted by Gasteiger charge is -2.28. The molecule has 0 saturated heterocycles. The van der Waals surface area contributed by atoms with Crippen LogP contribution in [-0.2, 0) is 5.88 Å². The Morgan fingerprint density at radius 1 is 1.38 bits per heavy atom. The van der Waals surface area contributed by atoms with E-state index in [1.165, 1.54) is 0 Å². The first kappa shape index (κ1) is 13.6. The van der Waals surface area contributed by atoms with Crippen LogP contribution < -0.4 is 4.90 Å². The number of alkyl halides is 1. The molecule has 0 fully saturated rings. The Kier molecular flexibility index (Phi) is 5.36. The van der Waals surface area contributed by atoms with Crippen LogP contribution in [0.5, 0.6) is 0 Å². The summed E-state index contributed by atoms with van der Waals surface area (Å²) in [6.07, 6.45) is 1.09. The van der Waals surface area contributed by atoms with Crippen molar-refractivity contribution in [1.29, 1.82) is 0 Å². The number of pyridine rings is 1. The van der Waals surface area contributed by atoms with Gasteiger partial charge in [-0.1, -0.05) is 18.5 Å². The second-order valence-electron chi connectivity index (χ2n) is 3.77. The molecule has 90 valence electrons. The number of nitrogens with zero attached hydrogens (tertiary/aromatic N) is 2. The average molecular weight is 261 g/mol. The summed E-state index contributed by atoms with van der Waals surface area (Å²) < 4.78 is 0. The molecule has 1 atom stereocenters. The number of hydrogen-bond acceptors (Lipinski definition) is 2. The molecule has 16 heavy (non-hydrogen) atoms. The molecule has 0 radical (unpaired) electrons. The molecule has 0 amide bonds. The fourth-order valence-corrected chi connectivity index (χ4v) is 2.09.